The summed E-state index contributed by atoms with van der Waals surface area (Å²) in [6, 6.07) is 16.1. The Kier molecular flexibility index (Phi) is 7.21. The van der Waals surface area contributed by atoms with E-state index in [1.165, 1.54) is 26.4 Å². The lowest BCUT2D eigenvalue weighted by Gasteiger charge is -2.18. The van der Waals surface area contributed by atoms with Gasteiger partial charge in [-0.2, -0.15) is 18.4 Å². The van der Waals surface area contributed by atoms with E-state index in [9.17, 15) is 32.0 Å². The zero-order chi connectivity index (χ0) is 27.6. The summed E-state index contributed by atoms with van der Waals surface area (Å²) in [5.41, 5.74) is -2.71. The van der Waals surface area contributed by atoms with Crippen molar-refractivity contribution >= 4 is 0 Å². The molecule has 0 unspecified atom stereocenters. The van der Waals surface area contributed by atoms with Crippen molar-refractivity contribution in [2.45, 2.75) is 12.7 Å². The number of alkyl halides is 3. The molecule has 0 bridgehead atoms. The van der Waals surface area contributed by atoms with E-state index in [2.05, 4.69) is 0 Å². The molecule has 0 saturated carbocycles. The van der Waals surface area contributed by atoms with Crippen LogP contribution in [-0.2, 0) is 12.7 Å². The molecular weight excluding hydrogens is 507 g/mol. The van der Waals surface area contributed by atoms with Crippen LogP contribution in [0, 0.1) is 23.0 Å². The zero-order valence-corrected chi connectivity index (χ0v) is 20.1. The van der Waals surface area contributed by atoms with Gasteiger partial charge in [0.05, 0.1) is 32.0 Å². The number of nitrogens with zero attached hydrogens (tertiary/aromatic N) is 2. The van der Waals surface area contributed by atoms with Gasteiger partial charge in [-0.25, -0.2) is 8.78 Å². The molecule has 0 N–H and O–H groups in total. The van der Waals surface area contributed by atoms with Crippen molar-refractivity contribution in [3.63, 3.8) is 0 Å². The Balaban J connectivity index is 1.95. The Morgan fingerprint density at radius 2 is 1.55 bits per heavy atom. The Bertz CT molecular complexity index is 1620. The highest BCUT2D eigenvalue weighted by molar-refractivity contribution is 5.74. The summed E-state index contributed by atoms with van der Waals surface area (Å²) in [4.78, 5) is 13.2. The summed E-state index contributed by atoms with van der Waals surface area (Å²) in [7, 11) is 2.94. The average Bonchev–Trinajstić information content (AvgIpc) is 2.89. The lowest BCUT2D eigenvalue weighted by molar-refractivity contribution is -0.137. The predicted octanol–water partition coefficient (Wildman–Crippen LogP) is 6.42. The maximum Gasteiger partial charge on any atom is 0.417 e. The molecule has 5 nitrogen and oxygen atoms in total. The van der Waals surface area contributed by atoms with Gasteiger partial charge in [0.1, 0.15) is 23.3 Å². The number of methoxy groups -OCH3 is 2. The second kappa shape index (κ2) is 10.4. The zero-order valence-electron chi connectivity index (χ0n) is 20.1. The number of hydrogen-bond donors (Lipinski definition) is 0. The number of nitriles is 1. The highest BCUT2D eigenvalue weighted by Gasteiger charge is 2.36. The van der Waals surface area contributed by atoms with E-state index in [1.807, 2.05) is 0 Å². The van der Waals surface area contributed by atoms with Crippen LogP contribution in [0.3, 0.4) is 0 Å². The first-order valence-electron chi connectivity index (χ1n) is 11.1. The number of hydrogen-bond acceptors (Lipinski definition) is 4. The summed E-state index contributed by atoms with van der Waals surface area (Å²) in [5, 5.41) is 9.38. The van der Waals surface area contributed by atoms with E-state index >= 15 is 0 Å². The van der Waals surface area contributed by atoms with Crippen LogP contribution < -0.4 is 15.0 Å². The van der Waals surface area contributed by atoms with E-state index in [0.29, 0.717) is 34.8 Å². The normalized spacial score (nSPS) is 11.2. The van der Waals surface area contributed by atoms with Gasteiger partial charge in [0.2, 0.25) is 0 Å². The van der Waals surface area contributed by atoms with Crippen molar-refractivity contribution < 1.29 is 31.4 Å². The van der Waals surface area contributed by atoms with E-state index in [0.717, 1.165) is 16.7 Å². The Hall–Kier alpha value is -4.65. The first-order chi connectivity index (χ1) is 18.1. The van der Waals surface area contributed by atoms with Gasteiger partial charge >= 0.3 is 6.18 Å². The quantitative estimate of drug-likeness (QED) is 0.272. The van der Waals surface area contributed by atoms with Crippen LogP contribution in [0.2, 0.25) is 0 Å². The lowest BCUT2D eigenvalue weighted by Crippen LogP contribution is -2.29. The number of ether oxygens (including phenoxy) is 2. The van der Waals surface area contributed by atoms with Crippen LogP contribution in [0.25, 0.3) is 22.4 Å². The molecule has 0 aliphatic heterocycles. The van der Waals surface area contributed by atoms with Crippen LogP contribution >= 0.6 is 0 Å². The van der Waals surface area contributed by atoms with Crippen molar-refractivity contribution in [1.82, 2.24) is 4.57 Å². The molecule has 4 rings (SSSR count). The standard InChI is InChI=1S/C28H19F5N2O3/c1-37-25-9-7-17(11-26(25)38-2)16-4-3-5-18(10-16)24-13-22(28(31,32)33)21(14-34)27(36)35(24)15-19-6-8-20(29)12-23(19)30/h3-13H,15H2,1-2H3. The van der Waals surface area contributed by atoms with Gasteiger partial charge in [-0.05, 0) is 47.0 Å². The average molecular weight is 526 g/mol. The smallest absolute Gasteiger partial charge is 0.417 e. The minimum absolute atomic E-state index is 0.144. The van der Waals surface area contributed by atoms with Crippen molar-refractivity contribution in [2.24, 2.45) is 0 Å². The topological polar surface area (TPSA) is 64.2 Å². The molecule has 0 spiro atoms. The highest BCUT2D eigenvalue weighted by Crippen LogP contribution is 2.36. The van der Waals surface area contributed by atoms with Crippen molar-refractivity contribution in [2.75, 3.05) is 14.2 Å². The molecule has 3 aromatic carbocycles. The largest absolute Gasteiger partial charge is 0.493 e. The monoisotopic (exact) mass is 526 g/mol. The van der Waals surface area contributed by atoms with Crippen molar-refractivity contribution in [1.29, 1.82) is 5.26 Å². The number of rotatable bonds is 6. The third-order valence-corrected chi connectivity index (χ3v) is 5.94. The SMILES string of the molecule is COc1ccc(-c2cccc(-c3cc(C(F)(F)F)c(C#N)c(=O)n3Cc3ccc(F)cc3F)c2)cc1OC. The first kappa shape index (κ1) is 26.4. The van der Waals surface area contributed by atoms with Crippen molar-refractivity contribution in [3.8, 4) is 40.0 Å². The molecule has 0 saturated heterocycles. The third-order valence-electron chi connectivity index (χ3n) is 5.94. The molecule has 0 aliphatic rings. The second-order valence-electron chi connectivity index (χ2n) is 8.21. The van der Waals surface area contributed by atoms with Crippen LogP contribution in [0.15, 0.2) is 71.5 Å². The maximum absolute atomic E-state index is 14.4. The summed E-state index contributed by atoms with van der Waals surface area (Å²) in [6.07, 6.45) is -5.00. The predicted molar refractivity (Wildman–Crippen MR) is 130 cm³/mol. The molecule has 0 fully saturated rings. The molecule has 194 valence electrons. The molecule has 38 heavy (non-hydrogen) atoms. The molecular formula is C28H19F5N2O3. The van der Waals surface area contributed by atoms with Gasteiger partial charge in [0.25, 0.3) is 5.56 Å². The van der Waals surface area contributed by atoms with Crippen LogP contribution in [0.5, 0.6) is 11.5 Å². The Morgan fingerprint density at radius 3 is 2.18 bits per heavy atom. The molecule has 1 heterocycles. The molecule has 1 aromatic heterocycles. The number of benzene rings is 3. The fourth-order valence-electron chi connectivity index (χ4n) is 4.07. The second-order valence-corrected chi connectivity index (χ2v) is 8.21. The van der Waals surface area contributed by atoms with Gasteiger partial charge in [0.15, 0.2) is 11.5 Å². The molecule has 0 aliphatic carbocycles. The van der Waals surface area contributed by atoms with E-state index in [4.69, 9.17) is 9.47 Å². The summed E-state index contributed by atoms with van der Waals surface area (Å²) < 4.78 is 80.9. The van der Waals surface area contributed by atoms with Gasteiger partial charge in [-0.15, -0.1) is 0 Å². The molecule has 0 radical (unpaired) electrons. The number of halogens is 5. The van der Waals surface area contributed by atoms with E-state index < -0.39 is 41.0 Å². The van der Waals surface area contributed by atoms with Gasteiger partial charge in [0, 0.05) is 11.6 Å². The van der Waals surface area contributed by atoms with Crippen molar-refractivity contribution in [3.05, 3.63) is 105 Å². The Morgan fingerprint density at radius 1 is 0.868 bits per heavy atom. The molecule has 4 aromatic rings. The fraction of sp³-hybridized carbons (Fsp3) is 0.143. The lowest BCUT2D eigenvalue weighted by atomic mass is 9.98. The number of pyridine rings is 1. The Labute approximate surface area is 213 Å². The van der Waals surface area contributed by atoms with E-state index in [1.54, 1.807) is 36.4 Å². The molecule has 0 atom stereocenters. The summed E-state index contributed by atoms with van der Waals surface area (Å²) >= 11 is 0. The maximum atomic E-state index is 14.4. The highest BCUT2D eigenvalue weighted by atomic mass is 19.4. The van der Waals surface area contributed by atoms with E-state index in [-0.39, 0.29) is 16.8 Å². The first-order valence-corrected chi connectivity index (χ1v) is 11.1. The number of aromatic nitrogens is 1. The van der Waals surface area contributed by atoms with Gasteiger partial charge in [-0.3, -0.25) is 4.79 Å². The minimum atomic E-state index is -5.00. The van der Waals surface area contributed by atoms with Crippen LogP contribution in [-0.4, -0.2) is 18.8 Å². The summed E-state index contributed by atoms with van der Waals surface area (Å²) in [6.45, 7) is -0.534. The minimum Gasteiger partial charge on any atom is -0.493 e. The third kappa shape index (κ3) is 5.09. The van der Waals surface area contributed by atoms with Crippen LogP contribution in [0.1, 0.15) is 16.7 Å². The summed E-state index contributed by atoms with van der Waals surface area (Å²) in [5.74, 6) is -0.937. The molecule has 10 heteroatoms. The molecule has 0 amide bonds. The fourth-order valence-corrected chi connectivity index (χ4v) is 4.07. The van der Waals surface area contributed by atoms with Gasteiger partial charge in [-0.1, -0.05) is 30.3 Å². The van der Waals surface area contributed by atoms with Crippen LogP contribution in [0.4, 0.5) is 22.0 Å². The van der Waals surface area contributed by atoms with Gasteiger partial charge < -0.3 is 14.0 Å².